The molecule has 0 bridgehead atoms. The van der Waals surface area contributed by atoms with E-state index in [4.69, 9.17) is 4.74 Å². The number of rotatable bonds is 5. The monoisotopic (exact) mass is 392 g/mol. The number of benzene rings is 2. The van der Waals surface area contributed by atoms with Gasteiger partial charge >= 0.3 is 5.97 Å². The van der Waals surface area contributed by atoms with Gasteiger partial charge in [0.25, 0.3) is 11.8 Å². The molecule has 2 aromatic carbocycles. The van der Waals surface area contributed by atoms with Gasteiger partial charge in [0.15, 0.2) is 0 Å². The number of anilines is 1. The molecule has 0 saturated carbocycles. The van der Waals surface area contributed by atoms with Crippen molar-refractivity contribution in [2.45, 2.75) is 19.3 Å². The molecule has 3 amide bonds. The maximum absolute atomic E-state index is 12.3. The molecule has 29 heavy (non-hydrogen) atoms. The van der Waals surface area contributed by atoms with E-state index in [1.807, 2.05) is 0 Å². The van der Waals surface area contributed by atoms with Crippen LogP contribution >= 0.6 is 0 Å². The summed E-state index contributed by atoms with van der Waals surface area (Å²) in [4.78, 5) is 51.7. The van der Waals surface area contributed by atoms with Crippen LogP contribution < -0.4 is 4.90 Å². The number of hydrogen-bond donors (Lipinski definition) is 0. The van der Waals surface area contributed by atoms with E-state index in [-0.39, 0.29) is 30.9 Å². The Bertz CT molecular complexity index is 948. The first-order valence-electron chi connectivity index (χ1n) is 9.59. The first kappa shape index (κ1) is 18.9. The van der Waals surface area contributed by atoms with Gasteiger partial charge in [-0.1, -0.05) is 12.1 Å². The van der Waals surface area contributed by atoms with Gasteiger partial charge in [-0.05, 0) is 49.2 Å². The molecular weight excluding hydrogens is 372 g/mol. The van der Waals surface area contributed by atoms with Crippen molar-refractivity contribution >= 4 is 29.4 Å². The smallest absolute Gasteiger partial charge is 0.338 e. The Morgan fingerprint density at radius 3 is 2.17 bits per heavy atom. The van der Waals surface area contributed by atoms with Crippen molar-refractivity contribution in [3.63, 3.8) is 0 Å². The normalized spacial score (nSPS) is 16.2. The zero-order chi connectivity index (χ0) is 20.4. The Labute approximate surface area is 167 Å². The Balaban J connectivity index is 1.33. The van der Waals surface area contributed by atoms with Gasteiger partial charge in [0.2, 0.25) is 5.91 Å². The summed E-state index contributed by atoms with van der Waals surface area (Å²) in [5.74, 6) is -1.21. The summed E-state index contributed by atoms with van der Waals surface area (Å²) < 4.78 is 5.23. The highest BCUT2D eigenvalue weighted by Gasteiger charge is 2.34. The van der Waals surface area contributed by atoms with Crippen LogP contribution in [0.25, 0.3) is 0 Å². The van der Waals surface area contributed by atoms with Gasteiger partial charge in [-0.15, -0.1) is 0 Å². The highest BCUT2D eigenvalue weighted by molar-refractivity contribution is 6.21. The number of ether oxygens (including phenoxy) is 1. The number of esters is 1. The van der Waals surface area contributed by atoms with Crippen LogP contribution in [0.4, 0.5) is 5.69 Å². The predicted molar refractivity (Wildman–Crippen MR) is 105 cm³/mol. The number of piperidine rings is 1. The second kappa shape index (κ2) is 7.87. The molecular formula is C22H20N2O5. The van der Waals surface area contributed by atoms with Crippen molar-refractivity contribution in [1.29, 1.82) is 0 Å². The second-order valence-electron chi connectivity index (χ2n) is 6.99. The third-order valence-electron chi connectivity index (χ3n) is 5.16. The number of carbonyl (C=O) groups is 4. The topological polar surface area (TPSA) is 84.0 Å². The minimum Gasteiger partial charge on any atom is -0.460 e. The summed E-state index contributed by atoms with van der Waals surface area (Å²) in [5, 5.41) is 0. The Morgan fingerprint density at radius 1 is 0.897 bits per heavy atom. The Morgan fingerprint density at radius 2 is 1.55 bits per heavy atom. The minimum atomic E-state index is -0.543. The van der Waals surface area contributed by atoms with Crippen LogP contribution in [0.2, 0.25) is 0 Å². The van der Waals surface area contributed by atoms with Gasteiger partial charge in [-0.2, -0.15) is 0 Å². The largest absolute Gasteiger partial charge is 0.460 e. The van der Waals surface area contributed by atoms with Crippen LogP contribution in [-0.4, -0.2) is 48.3 Å². The summed E-state index contributed by atoms with van der Waals surface area (Å²) in [6.45, 7) is 0.595. The van der Waals surface area contributed by atoms with E-state index in [1.54, 1.807) is 53.4 Å². The van der Waals surface area contributed by atoms with Gasteiger partial charge < -0.3 is 9.64 Å². The lowest BCUT2D eigenvalue weighted by molar-refractivity contribution is -0.119. The van der Waals surface area contributed by atoms with Crippen molar-refractivity contribution in [2.24, 2.45) is 0 Å². The lowest BCUT2D eigenvalue weighted by Crippen LogP contribution is -2.35. The second-order valence-corrected chi connectivity index (χ2v) is 6.99. The summed E-state index contributed by atoms with van der Waals surface area (Å²) >= 11 is 0. The highest BCUT2D eigenvalue weighted by atomic mass is 16.5. The van der Waals surface area contributed by atoms with Crippen LogP contribution in [0.3, 0.4) is 0 Å². The molecule has 0 N–H and O–H groups in total. The predicted octanol–water partition coefficient (Wildman–Crippen LogP) is 2.66. The fourth-order valence-electron chi connectivity index (χ4n) is 3.61. The SMILES string of the molecule is O=C(OCCN1C(=O)c2ccccc2C1=O)c1ccc(N2CCCCC2=O)cc1. The van der Waals surface area contributed by atoms with Crippen LogP contribution in [0, 0.1) is 0 Å². The molecule has 0 atom stereocenters. The van der Waals surface area contributed by atoms with Gasteiger partial charge in [-0.3, -0.25) is 19.3 Å². The number of carbonyl (C=O) groups excluding carboxylic acids is 4. The zero-order valence-corrected chi connectivity index (χ0v) is 15.8. The molecule has 7 heteroatoms. The van der Waals surface area contributed by atoms with E-state index in [2.05, 4.69) is 0 Å². The molecule has 0 spiro atoms. The quantitative estimate of drug-likeness (QED) is 0.577. The minimum absolute atomic E-state index is 0.00154. The van der Waals surface area contributed by atoms with Crippen molar-refractivity contribution in [1.82, 2.24) is 4.90 Å². The maximum atomic E-state index is 12.3. The standard InChI is InChI=1S/C22H20N2O5/c25-19-7-3-4-12-23(19)16-10-8-15(9-11-16)22(28)29-14-13-24-20(26)17-5-1-2-6-18(17)21(24)27/h1-2,5-6,8-11H,3-4,7,12-14H2. The molecule has 2 heterocycles. The van der Waals surface area contributed by atoms with E-state index < -0.39 is 5.97 Å². The average Bonchev–Trinajstić information content (AvgIpc) is 2.99. The third kappa shape index (κ3) is 3.63. The Kier molecular flexibility index (Phi) is 5.12. The van der Waals surface area contributed by atoms with Gasteiger partial charge in [0, 0.05) is 18.7 Å². The van der Waals surface area contributed by atoms with Crippen LogP contribution in [0.1, 0.15) is 50.3 Å². The lowest BCUT2D eigenvalue weighted by Gasteiger charge is -2.26. The van der Waals surface area contributed by atoms with Crippen molar-refractivity contribution in [3.8, 4) is 0 Å². The fourth-order valence-corrected chi connectivity index (χ4v) is 3.61. The fraction of sp³-hybridized carbons (Fsp3) is 0.273. The van der Waals surface area contributed by atoms with Gasteiger partial charge in [0.05, 0.1) is 23.2 Å². The van der Waals surface area contributed by atoms with Gasteiger partial charge in [0.1, 0.15) is 6.61 Å². The molecule has 1 saturated heterocycles. The van der Waals surface area contributed by atoms with E-state index in [0.717, 1.165) is 23.4 Å². The molecule has 2 aliphatic rings. The van der Waals surface area contributed by atoms with Crippen molar-refractivity contribution in [2.75, 3.05) is 24.6 Å². The van der Waals surface area contributed by atoms with Crippen LogP contribution in [0.15, 0.2) is 48.5 Å². The summed E-state index contributed by atoms with van der Waals surface area (Å²) in [6, 6.07) is 13.3. The number of hydrogen-bond acceptors (Lipinski definition) is 5. The first-order chi connectivity index (χ1) is 14.1. The molecule has 0 unspecified atom stereocenters. The van der Waals surface area contributed by atoms with E-state index in [9.17, 15) is 19.2 Å². The average molecular weight is 392 g/mol. The number of amides is 3. The molecule has 0 aliphatic carbocycles. The molecule has 2 aliphatic heterocycles. The molecule has 2 aromatic rings. The van der Waals surface area contributed by atoms with E-state index in [0.29, 0.717) is 29.7 Å². The molecule has 1 fully saturated rings. The van der Waals surface area contributed by atoms with Crippen molar-refractivity contribution in [3.05, 3.63) is 65.2 Å². The molecule has 148 valence electrons. The molecule has 4 rings (SSSR count). The number of nitrogens with zero attached hydrogens (tertiary/aromatic N) is 2. The number of imide groups is 1. The summed E-state index contributed by atoms with van der Waals surface area (Å²) in [6.07, 6.45) is 2.42. The first-order valence-corrected chi connectivity index (χ1v) is 9.59. The zero-order valence-electron chi connectivity index (χ0n) is 15.8. The molecule has 0 radical (unpaired) electrons. The maximum Gasteiger partial charge on any atom is 0.338 e. The third-order valence-corrected chi connectivity index (χ3v) is 5.16. The lowest BCUT2D eigenvalue weighted by atomic mass is 10.1. The summed E-state index contributed by atoms with van der Waals surface area (Å²) in [5.41, 5.74) is 1.84. The molecule has 0 aromatic heterocycles. The van der Waals surface area contributed by atoms with Crippen LogP contribution in [-0.2, 0) is 9.53 Å². The Hall–Kier alpha value is -3.48. The van der Waals surface area contributed by atoms with E-state index in [1.165, 1.54) is 0 Å². The number of fused-ring (bicyclic) bond motifs is 1. The van der Waals surface area contributed by atoms with E-state index >= 15 is 0 Å². The highest BCUT2D eigenvalue weighted by Crippen LogP contribution is 2.23. The van der Waals surface area contributed by atoms with Crippen LogP contribution in [0.5, 0.6) is 0 Å². The molecule has 7 nitrogen and oxygen atoms in total. The van der Waals surface area contributed by atoms with Crippen molar-refractivity contribution < 1.29 is 23.9 Å². The van der Waals surface area contributed by atoms with Gasteiger partial charge in [-0.25, -0.2) is 4.79 Å². The summed E-state index contributed by atoms with van der Waals surface area (Å²) in [7, 11) is 0.